The van der Waals surface area contributed by atoms with Crippen LogP contribution < -0.4 is 15.4 Å². The lowest BCUT2D eigenvalue weighted by Gasteiger charge is -2.29. The van der Waals surface area contributed by atoms with Crippen LogP contribution in [0.2, 0.25) is 5.02 Å². The molecule has 2 bridgehead atoms. The molecule has 210 valence electrons. The second kappa shape index (κ2) is 12.1. The fraction of sp³-hybridized carbons (Fsp3) is 0.433. The lowest BCUT2D eigenvalue weighted by Crippen LogP contribution is -2.32. The topological polar surface area (TPSA) is 88.6 Å². The minimum absolute atomic E-state index is 0.00483. The van der Waals surface area contributed by atoms with Crippen molar-refractivity contribution in [3.05, 3.63) is 59.7 Å². The molecule has 2 atom stereocenters. The number of rotatable bonds is 8. The van der Waals surface area contributed by atoms with Crippen LogP contribution in [0.1, 0.15) is 44.9 Å². The summed E-state index contributed by atoms with van der Waals surface area (Å²) < 4.78 is 26.2. The Labute approximate surface area is 237 Å². The van der Waals surface area contributed by atoms with Crippen molar-refractivity contribution in [1.29, 1.82) is 0 Å². The van der Waals surface area contributed by atoms with Crippen molar-refractivity contribution < 1.29 is 18.7 Å². The maximum Gasteiger partial charge on any atom is 0.248 e. The van der Waals surface area contributed by atoms with Crippen molar-refractivity contribution in [3.63, 3.8) is 0 Å². The van der Waals surface area contributed by atoms with Crippen molar-refractivity contribution in [2.45, 2.75) is 63.3 Å². The van der Waals surface area contributed by atoms with Crippen molar-refractivity contribution in [2.75, 3.05) is 30.3 Å². The lowest BCUT2D eigenvalue weighted by molar-refractivity contribution is -0.112. The second-order valence-corrected chi connectivity index (χ2v) is 11.2. The highest BCUT2D eigenvalue weighted by Gasteiger charge is 2.36. The number of nitrogens with zero attached hydrogens (tertiary/aromatic N) is 3. The van der Waals surface area contributed by atoms with Gasteiger partial charge in [0.1, 0.15) is 29.8 Å². The van der Waals surface area contributed by atoms with Gasteiger partial charge in [-0.25, -0.2) is 14.4 Å². The van der Waals surface area contributed by atoms with Gasteiger partial charge in [-0.05, 0) is 63.0 Å². The SMILES string of the molecule is O=C(/C=C/CN1CCCCC1)Nc1cc2c(Nc3ccc(F)c(Cl)c3)ncnc2cc1OC1CC2CCC(C1)O2. The van der Waals surface area contributed by atoms with Crippen LogP contribution in [-0.4, -0.2) is 58.7 Å². The van der Waals surface area contributed by atoms with E-state index in [9.17, 15) is 9.18 Å². The number of carbonyl (C=O) groups excluding carboxylic acids is 1. The van der Waals surface area contributed by atoms with Gasteiger partial charge in [0.25, 0.3) is 0 Å². The monoisotopic (exact) mass is 565 g/mol. The maximum atomic E-state index is 13.7. The number of benzene rings is 2. The third kappa shape index (κ3) is 6.37. The molecule has 0 saturated carbocycles. The zero-order valence-corrected chi connectivity index (χ0v) is 23.0. The highest BCUT2D eigenvalue weighted by atomic mass is 35.5. The fourth-order valence-electron chi connectivity index (χ4n) is 5.80. The minimum atomic E-state index is -0.499. The van der Waals surface area contributed by atoms with Crippen molar-refractivity contribution in [1.82, 2.24) is 14.9 Å². The molecule has 3 saturated heterocycles. The molecule has 2 N–H and O–H groups in total. The Morgan fingerprint density at radius 1 is 1.12 bits per heavy atom. The molecule has 40 heavy (non-hydrogen) atoms. The summed E-state index contributed by atoms with van der Waals surface area (Å²) in [6.45, 7) is 2.88. The van der Waals surface area contributed by atoms with Gasteiger partial charge in [-0.1, -0.05) is 24.1 Å². The number of halogens is 2. The van der Waals surface area contributed by atoms with E-state index in [4.69, 9.17) is 21.1 Å². The first-order valence-electron chi connectivity index (χ1n) is 14.0. The third-order valence-corrected chi connectivity index (χ3v) is 8.09. The van der Waals surface area contributed by atoms with Gasteiger partial charge >= 0.3 is 0 Å². The largest absolute Gasteiger partial charge is 0.488 e. The van der Waals surface area contributed by atoms with Gasteiger partial charge in [0.05, 0.1) is 28.4 Å². The van der Waals surface area contributed by atoms with Crippen LogP contribution in [0.15, 0.2) is 48.8 Å². The summed E-state index contributed by atoms with van der Waals surface area (Å²) in [6.07, 6.45) is 12.8. The molecule has 0 aliphatic carbocycles. The van der Waals surface area contributed by atoms with Gasteiger partial charge < -0.3 is 20.1 Å². The molecule has 3 aliphatic heterocycles. The average molecular weight is 566 g/mol. The number of hydrogen-bond donors (Lipinski definition) is 2. The molecule has 2 aromatic carbocycles. The van der Waals surface area contributed by atoms with E-state index in [0.29, 0.717) is 33.8 Å². The van der Waals surface area contributed by atoms with Gasteiger partial charge in [-0.3, -0.25) is 9.69 Å². The first-order valence-corrected chi connectivity index (χ1v) is 14.4. The lowest BCUT2D eigenvalue weighted by atomic mass is 10.1. The fourth-order valence-corrected chi connectivity index (χ4v) is 5.98. The number of ether oxygens (including phenoxy) is 2. The van der Waals surface area contributed by atoms with Gasteiger partial charge in [0.15, 0.2) is 0 Å². The standard InChI is InChI=1S/C30H33ClFN5O3/c31-24-13-19(6-9-25(24)32)35-30-23-16-27(36-29(38)5-4-12-37-10-2-1-3-11-37)28(17-26(23)33-18-34-30)40-22-14-20-7-8-21(15-22)39-20/h4-6,9,13,16-18,20-22H,1-3,7-8,10-12,14-15H2,(H,36,38)(H,33,34,35)/b5-4+. The van der Waals surface area contributed by atoms with Crippen molar-refractivity contribution >= 4 is 45.6 Å². The Kier molecular flexibility index (Phi) is 8.13. The predicted octanol–water partition coefficient (Wildman–Crippen LogP) is 6.24. The number of nitrogens with one attached hydrogen (secondary N) is 2. The van der Waals surface area contributed by atoms with Gasteiger partial charge in [-0.15, -0.1) is 0 Å². The summed E-state index contributed by atoms with van der Waals surface area (Å²) in [5, 5.41) is 6.90. The first-order chi connectivity index (χ1) is 19.5. The molecule has 3 aromatic rings. The zero-order chi connectivity index (χ0) is 27.5. The summed E-state index contributed by atoms with van der Waals surface area (Å²) in [5.41, 5.74) is 1.76. The van der Waals surface area contributed by atoms with Gasteiger partial charge in [-0.2, -0.15) is 0 Å². The number of hydrogen-bond acceptors (Lipinski definition) is 7. The summed E-state index contributed by atoms with van der Waals surface area (Å²) in [7, 11) is 0. The van der Waals surface area contributed by atoms with E-state index >= 15 is 0 Å². The van der Waals surface area contributed by atoms with Crippen LogP contribution in [-0.2, 0) is 9.53 Å². The van der Waals surface area contributed by atoms with Gasteiger partial charge in [0, 0.05) is 42.6 Å². The Morgan fingerprint density at radius 3 is 2.70 bits per heavy atom. The molecular formula is C30H33ClFN5O3. The van der Waals surface area contributed by atoms with Crippen LogP contribution in [0.25, 0.3) is 10.9 Å². The summed E-state index contributed by atoms with van der Waals surface area (Å²) in [6, 6.07) is 8.04. The van der Waals surface area contributed by atoms with Crippen LogP contribution in [0, 0.1) is 5.82 Å². The molecule has 6 rings (SSSR count). The number of aromatic nitrogens is 2. The number of likely N-dealkylation sites (tertiary alicyclic amines) is 1. The van der Waals surface area contributed by atoms with Crippen LogP contribution in [0.5, 0.6) is 5.75 Å². The average Bonchev–Trinajstić information content (AvgIpc) is 3.29. The molecule has 8 nitrogen and oxygen atoms in total. The molecule has 0 spiro atoms. The number of fused-ring (bicyclic) bond motifs is 3. The molecule has 3 fully saturated rings. The quantitative estimate of drug-likeness (QED) is 0.313. The van der Waals surface area contributed by atoms with E-state index in [1.165, 1.54) is 37.7 Å². The number of amides is 1. The molecular weight excluding hydrogens is 533 g/mol. The summed E-state index contributed by atoms with van der Waals surface area (Å²) >= 11 is 5.98. The molecule has 2 unspecified atom stereocenters. The third-order valence-electron chi connectivity index (χ3n) is 7.80. The number of anilines is 3. The van der Waals surface area contributed by atoms with E-state index in [0.717, 1.165) is 45.3 Å². The van der Waals surface area contributed by atoms with E-state index in [1.807, 2.05) is 18.2 Å². The molecule has 1 aromatic heterocycles. The van der Waals surface area contributed by atoms with Gasteiger partial charge in [0.2, 0.25) is 5.91 Å². The first kappa shape index (κ1) is 26.9. The maximum absolute atomic E-state index is 13.7. The predicted molar refractivity (Wildman–Crippen MR) is 154 cm³/mol. The highest BCUT2D eigenvalue weighted by molar-refractivity contribution is 6.31. The van der Waals surface area contributed by atoms with Crippen LogP contribution in [0.4, 0.5) is 21.6 Å². The Morgan fingerprint density at radius 2 is 1.93 bits per heavy atom. The van der Waals surface area contributed by atoms with Crippen molar-refractivity contribution in [3.8, 4) is 5.75 Å². The van der Waals surface area contributed by atoms with E-state index < -0.39 is 5.82 Å². The smallest absolute Gasteiger partial charge is 0.248 e. The minimum Gasteiger partial charge on any atom is -0.488 e. The van der Waals surface area contributed by atoms with Crippen molar-refractivity contribution in [2.24, 2.45) is 0 Å². The number of piperidine rings is 1. The Bertz CT molecular complexity index is 1400. The number of carbonyl (C=O) groups is 1. The Hall–Kier alpha value is -3.27. The highest BCUT2D eigenvalue weighted by Crippen LogP contribution is 2.38. The normalized spacial score (nSPS) is 23.0. The molecule has 1 amide bonds. The molecule has 3 aliphatic rings. The Balaban J connectivity index is 1.27. The molecule has 10 heteroatoms. The summed E-state index contributed by atoms with van der Waals surface area (Å²) in [5.74, 6) is 0.330. The summed E-state index contributed by atoms with van der Waals surface area (Å²) in [4.78, 5) is 24.2. The van der Waals surface area contributed by atoms with E-state index in [1.54, 1.807) is 12.1 Å². The molecule has 4 heterocycles. The van der Waals surface area contributed by atoms with E-state index in [2.05, 4.69) is 25.5 Å². The second-order valence-electron chi connectivity index (χ2n) is 10.8. The van der Waals surface area contributed by atoms with E-state index in [-0.39, 0.29) is 29.2 Å². The zero-order valence-electron chi connectivity index (χ0n) is 22.2. The molecule has 0 radical (unpaired) electrons. The van der Waals surface area contributed by atoms with Crippen LogP contribution >= 0.6 is 11.6 Å². The van der Waals surface area contributed by atoms with Crippen LogP contribution in [0.3, 0.4) is 0 Å².